The highest BCUT2D eigenvalue weighted by Crippen LogP contribution is 2.26. The first-order valence-electron chi connectivity index (χ1n) is 8.11. The molecule has 1 amide bonds. The highest BCUT2D eigenvalue weighted by atomic mass is 79.9. The lowest BCUT2D eigenvalue weighted by Gasteiger charge is -2.11. The third-order valence-corrected chi connectivity index (χ3v) is 4.81. The van der Waals surface area contributed by atoms with Crippen molar-refractivity contribution < 1.29 is 4.79 Å². The summed E-state index contributed by atoms with van der Waals surface area (Å²) in [5, 5.41) is 4.09. The predicted molar refractivity (Wildman–Crippen MR) is 109 cm³/mol. The van der Waals surface area contributed by atoms with Crippen LogP contribution in [0.4, 0.5) is 5.69 Å². The van der Waals surface area contributed by atoms with Crippen molar-refractivity contribution in [2.45, 2.75) is 13.8 Å². The Hall–Kier alpha value is -2.86. The van der Waals surface area contributed by atoms with Crippen LogP contribution in [0.25, 0.3) is 5.69 Å². The van der Waals surface area contributed by atoms with Crippen molar-refractivity contribution in [1.82, 2.24) is 9.99 Å². The first-order chi connectivity index (χ1) is 12.5. The van der Waals surface area contributed by atoms with Gasteiger partial charge in [-0.05, 0) is 60.1 Å². The number of aromatic nitrogens is 1. The zero-order valence-corrected chi connectivity index (χ0v) is 16.1. The van der Waals surface area contributed by atoms with Gasteiger partial charge in [0.05, 0.1) is 17.5 Å². The van der Waals surface area contributed by atoms with Crippen LogP contribution in [0.2, 0.25) is 0 Å². The van der Waals surface area contributed by atoms with Gasteiger partial charge < -0.3 is 10.3 Å². The summed E-state index contributed by atoms with van der Waals surface area (Å²) in [6.45, 7) is 4.05. The van der Waals surface area contributed by atoms with Gasteiger partial charge in [0, 0.05) is 27.1 Å². The Morgan fingerprint density at radius 3 is 2.58 bits per heavy atom. The SMILES string of the molecule is Cc1cc(/C=N/NC(=O)c2ccccc2N)c(C)n1-c1ccccc1Br. The van der Waals surface area contributed by atoms with Crippen molar-refractivity contribution in [3.05, 3.63) is 81.6 Å². The Kier molecular flexibility index (Phi) is 5.23. The number of nitrogen functional groups attached to an aromatic ring is 1. The standard InChI is InChI=1S/C20H19BrN4O/c1-13-11-15(14(2)25(13)19-10-6-4-8-17(19)21)12-23-24-20(26)16-7-3-5-9-18(16)22/h3-12H,22H2,1-2H3,(H,24,26)/b23-12+. The van der Waals surface area contributed by atoms with Gasteiger partial charge in [0.2, 0.25) is 0 Å². The van der Waals surface area contributed by atoms with Gasteiger partial charge in [0.15, 0.2) is 0 Å². The third-order valence-electron chi connectivity index (χ3n) is 4.14. The number of rotatable bonds is 4. The monoisotopic (exact) mass is 410 g/mol. The highest BCUT2D eigenvalue weighted by Gasteiger charge is 2.12. The number of para-hydroxylation sites is 2. The number of aryl methyl sites for hydroxylation is 1. The minimum absolute atomic E-state index is 0.334. The van der Waals surface area contributed by atoms with Gasteiger partial charge in [-0.2, -0.15) is 5.10 Å². The van der Waals surface area contributed by atoms with Crippen LogP contribution in [0.5, 0.6) is 0 Å². The molecule has 1 heterocycles. The number of hydrogen-bond donors (Lipinski definition) is 2. The Morgan fingerprint density at radius 2 is 1.85 bits per heavy atom. The van der Waals surface area contributed by atoms with Gasteiger partial charge in [-0.3, -0.25) is 4.79 Å². The summed E-state index contributed by atoms with van der Waals surface area (Å²) in [5.74, 6) is -0.334. The van der Waals surface area contributed by atoms with E-state index in [0.717, 1.165) is 27.1 Å². The molecule has 26 heavy (non-hydrogen) atoms. The summed E-state index contributed by atoms with van der Waals surface area (Å²) < 4.78 is 3.15. The normalized spacial score (nSPS) is 11.0. The Balaban J connectivity index is 1.82. The van der Waals surface area contributed by atoms with Gasteiger partial charge in [0.25, 0.3) is 5.91 Å². The van der Waals surface area contributed by atoms with Crippen LogP contribution < -0.4 is 11.2 Å². The van der Waals surface area contributed by atoms with Crippen LogP contribution in [0.3, 0.4) is 0 Å². The Labute approximate surface area is 160 Å². The molecule has 132 valence electrons. The number of halogens is 1. The molecule has 3 N–H and O–H groups in total. The van der Waals surface area contributed by atoms with Gasteiger partial charge in [-0.25, -0.2) is 5.43 Å². The second kappa shape index (κ2) is 7.58. The van der Waals surface area contributed by atoms with E-state index >= 15 is 0 Å². The maximum atomic E-state index is 12.2. The van der Waals surface area contributed by atoms with Crippen LogP contribution >= 0.6 is 15.9 Å². The first kappa shape index (κ1) is 17.9. The molecule has 2 aromatic carbocycles. The van der Waals surface area contributed by atoms with E-state index in [1.54, 1.807) is 30.5 Å². The summed E-state index contributed by atoms with van der Waals surface area (Å²) >= 11 is 3.59. The molecule has 1 aromatic heterocycles. The molecule has 0 unspecified atom stereocenters. The second-order valence-electron chi connectivity index (χ2n) is 5.90. The van der Waals surface area contributed by atoms with Crippen LogP contribution in [0.1, 0.15) is 27.3 Å². The quantitative estimate of drug-likeness (QED) is 0.384. The van der Waals surface area contributed by atoms with Gasteiger partial charge in [-0.15, -0.1) is 0 Å². The molecule has 0 bridgehead atoms. The summed E-state index contributed by atoms with van der Waals surface area (Å²) in [5.41, 5.74) is 13.3. The van der Waals surface area contributed by atoms with Crippen molar-refractivity contribution in [3.8, 4) is 5.69 Å². The minimum Gasteiger partial charge on any atom is -0.398 e. The fraction of sp³-hybridized carbons (Fsp3) is 0.100. The van der Waals surface area contributed by atoms with E-state index in [1.807, 2.05) is 44.2 Å². The topological polar surface area (TPSA) is 72.4 Å². The molecule has 0 saturated carbocycles. The van der Waals surface area contributed by atoms with Gasteiger partial charge in [0.1, 0.15) is 0 Å². The molecule has 0 aliphatic rings. The summed E-state index contributed by atoms with van der Waals surface area (Å²) in [6.07, 6.45) is 1.65. The van der Waals surface area contributed by atoms with Crippen LogP contribution in [0.15, 0.2) is 64.2 Å². The summed E-state index contributed by atoms with van der Waals surface area (Å²) in [6, 6.07) is 17.0. The molecule has 0 fully saturated rings. The predicted octanol–water partition coefficient (Wildman–Crippen LogP) is 4.20. The van der Waals surface area contributed by atoms with Crippen molar-refractivity contribution >= 4 is 33.7 Å². The largest absolute Gasteiger partial charge is 0.398 e. The molecule has 3 rings (SSSR count). The molecule has 0 atom stereocenters. The molecule has 0 aliphatic carbocycles. The zero-order valence-electron chi connectivity index (χ0n) is 14.5. The van der Waals surface area contributed by atoms with Crippen molar-refractivity contribution in [3.63, 3.8) is 0 Å². The Morgan fingerprint density at radius 1 is 1.15 bits per heavy atom. The fourth-order valence-electron chi connectivity index (χ4n) is 2.85. The number of anilines is 1. The average molecular weight is 411 g/mol. The van der Waals surface area contributed by atoms with E-state index in [0.29, 0.717) is 11.3 Å². The van der Waals surface area contributed by atoms with E-state index < -0.39 is 0 Å². The molecule has 0 radical (unpaired) electrons. The summed E-state index contributed by atoms with van der Waals surface area (Å²) in [4.78, 5) is 12.2. The number of nitrogens with two attached hydrogens (primary N) is 1. The van der Waals surface area contributed by atoms with E-state index in [2.05, 4.69) is 31.0 Å². The molecule has 0 saturated heterocycles. The van der Waals surface area contributed by atoms with Crippen LogP contribution in [-0.2, 0) is 0 Å². The number of carbonyl (C=O) groups is 1. The Bertz CT molecular complexity index is 991. The van der Waals surface area contributed by atoms with E-state index in [4.69, 9.17) is 5.73 Å². The molecule has 5 nitrogen and oxygen atoms in total. The highest BCUT2D eigenvalue weighted by molar-refractivity contribution is 9.10. The molecule has 0 spiro atoms. The molecule has 0 aliphatic heterocycles. The number of nitrogens with zero attached hydrogens (tertiary/aromatic N) is 2. The summed E-state index contributed by atoms with van der Waals surface area (Å²) in [7, 11) is 0. The molecule has 6 heteroatoms. The number of amides is 1. The lowest BCUT2D eigenvalue weighted by molar-refractivity contribution is 0.0956. The molecular formula is C20H19BrN4O. The zero-order chi connectivity index (χ0) is 18.7. The first-order valence-corrected chi connectivity index (χ1v) is 8.90. The maximum absolute atomic E-state index is 12.2. The van der Waals surface area contributed by atoms with Crippen molar-refractivity contribution in [2.75, 3.05) is 5.73 Å². The van der Waals surface area contributed by atoms with Gasteiger partial charge in [-0.1, -0.05) is 24.3 Å². The lowest BCUT2D eigenvalue weighted by Crippen LogP contribution is -2.19. The minimum atomic E-state index is -0.334. The van der Waals surface area contributed by atoms with Crippen molar-refractivity contribution in [2.24, 2.45) is 5.10 Å². The smallest absolute Gasteiger partial charge is 0.273 e. The number of nitrogens with one attached hydrogen (secondary N) is 1. The lowest BCUT2D eigenvalue weighted by atomic mass is 10.2. The maximum Gasteiger partial charge on any atom is 0.273 e. The van der Waals surface area contributed by atoms with Crippen LogP contribution in [-0.4, -0.2) is 16.7 Å². The van der Waals surface area contributed by atoms with E-state index in [9.17, 15) is 4.79 Å². The number of hydrogen-bond acceptors (Lipinski definition) is 3. The fourth-order valence-corrected chi connectivity index (χ4v) is 3.31. The average Bonchev–Trinajstić information content (AvgIpc) is 2.90. The van der Waals surface area contributed by atoms with E-state index in [1.165, 1.54) is 0 Å². The van der Waals surface area contributed by atoms with Crippen molar-refractivity contribution in [1.29, 1.82) is 0 Å². The molecular weight excluding hydrogens is 392 g/mol. The molecule has 3 aromatic rings. The van der Waals surface area contributed by atoms with Gasteiger partial charge >= 0.3 is 0 Å². The number of benzene rings is 2. The third kappa shape index (κ3) is 3.55. The second-order valence-corrected chi connectivity index (χ2v) is 6.75. The number of hydrazone groups is 1. The van der Waals surface area contributed by atoms with Crippen LogP contribution in [0, 0.1) is 13.8 Å². The van der Waals surface area contributed by atoms with E-state index in [-0.39, 0.29) is 5.91 Å². The number of carbonyl (C=O) groups excluding carboxylic acids is 1.